The molecule has 3 amide bonds. The van der Waals surface area contributed by atoms with Crippen LogP contribution in [0.15, 0.2) is 42.5 Å². The number of amides is 3. The maximum absolute atomic E-state index is 15.6. The summed E-state index contributed by atoms with van der Waals surface area (Å²) in [5.74, 6) is -0.756. The summed E-state index contributed by atoms with van der Waals surface area (Å²) in [5, 5.41) is 18.2. The molecule has 0 aliphatic carbocycles. The molecule has 1 heterocycles. The number of ether oxygens (including phenoxy) is 1. The smallest absolute Gasteiger partial charge is 0.406 e. The molecule has 1 fully saturated rings. The minimum absolute atomic E-state index is 0.198. The maximum atomic E-state index is 15.6. The van der Waals surface area contributed by atoms with E-state index in [1.807, 2.05) is 45.0 Å². The molecule has 2 atom stereocenters. The summed E-state index contributed by atoms with van der Waals surface area (Å²) in [6.07, 6.45) is 2.33. The summed E-state index contributed by atoms with van der Waals surface area (Å²) < 4.78 is 20.3. The zero-order valence-electron chi connectivity index (χ0n) is 24.3. The molecule has 0 radical (unpaired) electrons. The minimum Gasteiger partial charge on any atom is -0.453 e. The van der Waals surface area contributed by atoms with E-state index in [4.69, 9.17) is 5.73 Å². The van der Waals surface area contributed by atoms with Gasteiger partial charge in [-0.1, -0.05) is 57.2 Å². The zero-order valence-corrected chi connectivity index (χ0v) is 24.3. The van der Waals surface area contributed by atoms with Crippen molar-refractivity contribution in [2.24, 2.45) is 17.1 Å². The molecule has 0 unspecified atom stereocenters. The summed E-state index contributed by atoms with van der Waals surface area (Å²) >= 11 is 0. The molecule has 1 aliphatic heterocycles. The van der Waals surface area contributed by atoms with Gasteiger partial charge in [-0.3, -0.25) is 0 Å². The molecule has 0 saturated carbocycles. The summed E-state index contributed by atoms with van der Waals surface area (Å²) in [4.78, 5) is 26.5. The standard InChI is InChI=1S/C31H45FN4O4/c1-5-22-10-6-11-23(18-22)27-25(13-7-14-26(27)32)31(39,15-9-16-34-29(38)40-4)24-12-8-17-36(19-24)28(37)35-21-30(2,3)20-33/h6-7,10-11,13-14,18,24,39H,5,8-9,12,15-17,19-21,33H2,1-4H3,(H,34,38)(H,35,37)/t24-,31+/m1/s1. The molecule has 0 spiro atoms. The summed E-state index contributed by atoms with van der Waals surface area (Å²) in [6.45, 7) is 8.09. The molecule has 1 saturated heterocycles. The van der Waals surface area contributed by atoms with Crippen LogP contribution in [0, 0.1) is 17.2 Å². The quantitative estimate of drug-likeness (QED) is 0.297. The summed E-state index contributed by atoms with van der Waals surface area (Å²) in [7, 11) is 1.30. The number of hydrogen-bond donors (Lipinski definition) is 4. The van der Waals surface area contributed by atoms with Crippen LogP contribution in [0.1, 0.15) is 57.6 Å². The van der Waals surface area contributed by atoms with Crippen molar-refractivity contribution in [2.75, 3.05) is 39.8 Å². The number of aryl methyl sites for hydroxylation is 1. The number of carbonyl (C=O) groups excluding carboxylic acids is 2. The number of piperidine rings is 1. The molecule has 2 aromatic rings. The van der Waals surface area contributed by atoms with Crippen LogP contribution in [0.25, 0.3) is 11.1 Å². The number of nitrogens with two attached hydrogens (primary N) is 1. The average Bonchev–Trinajstić information content (AvgIpc) is 2.97. The van der Waals surface area contributed by atoms with Gasteiger partial charge in [0.25, 0.3) is 0 Å². The van der Waals surface area contributed by atoms with Gasteiger partial charge in [0.15, 0.2) is 0 Å². The Kier molecular flexibility index (Phi) is 10.9. The molecular formula is C31H45FN4O4. The lowest BCUT2D eigenvalue weighted by molar-refractivity contribution is -0.0549. The average molecular weight is 557 g/mol. The van der Waals surface area contributed by atoms with Gasteiger partial charge in [0.05, 0.1) is 12.7 Å². The highest BCUT2D eigenvalue weighted by atomic mass is 19.1. The van der Waals surface area contributed by atoms with Gasteiger partial charge in [-0.05, 0) is 66.8 Å². The number of aliphatic hydroxyl groups is 1. The first-order chi connectivity index (χ1) is 19.0. The number of benzene rings is 2. The molecule has 1 aliphatic rings. The normalized spacial score (nSPS) is 17.2. The van der Waals surface area contributed by atoms with Gasteiger partial charge < -0.3 is 31.1 Å². The van der Waals surface area contributed by atoms with Crippen LogP contribution in [-0.4, -0.2) is 62.0 Å². The molecule has 40 heavy (non-hydrogen) atoms. The number of alkyl carbamates (subject to hydrolysis) is 1. The van der Waals surface area contributed by atoms with Gasteiger partial charge >= 0.3 is 12.1 Å². The summed E-state index contributed by atoms with van der Waals surface area (Å²) in [5.41, 5.74) is 6.78. The zero-order chi connectivity index (χ0) is 29.3. The van der Waals surface area contributed by atoms with E-state index in [0.717, 1.165) is 12.0 Å². The first kappa shape index (κ1) is 31.4. The van der Waals surface area contributed by atoms with Crippen molar-refractivity contribution in [1.29, 1.82) is 0 Å². The Bertz CT molecular complexity index is 1160. The van der Waals surface area contributed by atoms with Crippen LogP contribution >= 0.6 is 0 Å². The third kappa shape index (κ3) is 7.73. The lowest BCUT2D eigenvalue weighted by Crippen LogP contribution is -2.52. The van der Waals surface area contributed by atoms with E-state index in [9.17, 15) is 14.7 Å². The number of urea groups is 1. The van der Waals surface area contributed by atoms with Gasteiger partial charge in [0, 0.05) is 37.7 Å². The molecule has 220 valence electrons. The van der Waals surface area contributed by atoms with Crippen LogP contribution in [0.4, 0.5) is 14.0 Å². The number of hydrogen-bond acceptors (Lipinski definition) is 5. The van der Waals surface area contributed by atoms with E-state index in [-0.39, 0.29) is 30.3 Å². The van der Waals surface area contributed by atoms with Gasteiger partial charge in [-0.15, -0.1) is 0 Å². The second-order valence-electron chi connectivity index (χ2n) is 11.5. The number of methoxy groups -OCH3 is 1. The number of rotatable bonds is 11. The third-order valence-corrected chi connectivity index (χ3v) is 7.95. The maximum Gasteiger partial charge on any atom is 0.406 e. The highest BCUT2D eigenvalue weighted by Crippen LogP contribution is 2.44. The Balaban J connectivity index is 1.97. The molecular weight excluding hydrogens is 511 g/mol. The van der Waals surface area contributed by atoms with E-state index in [1.54, 1.807) is 17.0 Å². The van der Waals surface area contributed by atoms with Crippen molar-refractivity contribution < 1.29 is 23.8 Å². The van der Waals surface area contributed by atoms with Gasteiger partial charge in [-0.2, -0.15) is 0 Å². The van der Waals surface area contributed by atoms with Gasteiger partial charge in [-0.25, -0.2) is 14.0 Å². The first-order valence-electron chi connectivity index (χ1n) is 14.2. The molecule has 8 nitrogen and oxygen atoms in total. The van der Waals surface area contributed by atoms with Crippen molar-refractivity contribution >= 4 is 12.1 Å². The lowest BCUT2D eigenvalue weighted by atomic mass is 9.72. The predicted octanol–water partition coefficient (Wildman–Crippen LogP) is 4.79. The van der Waals surface area contributed by atoms with Crippen molar-refractivity contribution in [2.45, 2.75) is 58.5 Å². The number of nitrogens with one attached hydrogen (secondary N) is 2. The van der Waals surface area contributed by atoms with Crippen LogP contribution < -0.4 is 16.4 Å². The van der Waals surface area contributed by atoms with Crippen LogP contribution in [0.3, 0.4) is 0 Å². The van der Waals surface area contributed by atoms with Crippen molar-refractivity contribution in [3.05, 3.63) is 59.4 Å². The first-order valence-corrected chi connectivity index (χ1v) is 14.2. The minimum atomic E-state index is -1.45. The van der Waals surface area contributed by atoms with Crippen molar-refractivity contribution in [1.82, 2.24) is 15.5 Å². The molecule has 2 aromatic carbocycles. The van der Waals surface area contributed by atoms with Crippen LogP contribution in [0.5, 0.6) is 0 Å². The molecule has 0 aromatic heterocycles. The highest BCUT2D eigenvalue weighted by molar-refractivity contribution is 5.74. The SMILES string of the molecule is CCc1cccc(-c2c(F)cccc2[C@](O)(CCCNC(=O)OC)[C@@H]2CCCN(C(=O)NCC(C)(C)CN)C2)c1. The highest BCUT2D eigenvalue weighted by Gasteiger charge is 2.43. The van der Waals surface area contributed by atoms with Gasteiger partial charge in [0.1, 0.15) is 5.82 Å². The largest absolute Gasteiger partial charge is 0.453 e. The van der Waals surface area contributed by atoms with E-state index >= 15 is 4.39 Å². The van der Waals surface area contributed by atoms with Crippen molar-refractivity contribution in [3.63, 3.8) is 0 Å². The number of halogens is 1. The number of nitrogens with zero attached hydrogens (tertiary/aromatic N) is 1. The number of carbonyl (C=O) groups is 2. The Morgan fingerprint density at radius 3 is 2.65 bits per heavy atom. The molecule has 5 N–H and O–H groups in total. The fraction of sp³-hybridized carbons (Fsp3) is 0.548. The second kappa shape index (κ2) is 13.9. The lowest BCUT2D eigenvalue weighted by Gasteiger charge is -2.43. The Hall–Kier alpha value is -3.17. The van der Waals surface area contributed by atoms with E-state index in [2.05, 4.69) is 15.4 Å². The van der Waals surface area contributed by atoms with Crippen LogP contribution in [0.2, 0.25) is 0 Å². The molecule has 0 bridgehead atoms. The molecule has 9 heteroatoms. The topological polar surface area (TPSA) is 117 Å². The van der Waals surface area contributed by atoms with E-state index in [1.165, 1.54) is 13.2 Å². The Labute approximate surface area is 237 Å². The third-order valence-electron chi connectivity index (χ3n) is 7.95. The number of likely N-dealkylation sites (tertiary alicyclic amines) is 1. The second-order valence-corrected chi connectivity index (χ2v) is 11.5. The van der Waals surface area contributed by atoms with Gasteiger partial charge in [0.2, 0.25) is 0 Å². The molecule has 3 rings (SSSR count). The Morgan fingerprint density at radius 1 is 1.20 bits per heavy atom. The summed E-state index contributed by atoms with van der Waals surface area (Å²) in [6, 6.07) is 12.3. The Morgan fingerprint density at radius 2 is 1.95 bits per heavy atom. The fourth-order valence-electron chi connectivity index (χ4n) is 5.35. The predicted molar refractivity (Wildman–Crippen MR) is 155 cm³/mol. The monoisotopic (exact) mass is 556 g/mol. The van der Waals surface area contributed by atoms with E-state index < -0.39 is 17.5 Å². The fourth-order valence-corrected chi connectivity index (χ4v) is 5.35. The van der Waals surface area contributed by atoms with Crippen LogP contribution in [-0.2, 0) is 16.8 Å². The van der Waals surface area contributed by atoms with Crippen molar-refractivity contribution in [3.8, 4) is 11.1 Å². The van der Waals surface area contributed by atoms with E-state index in [0.29, 0.717) is 62.1 Å².